The Morgan fingerprint density at radius 3 is 2.45 bits per heavy atom. The van der Waals surface area contributed by atoms with Crippen LogP contribution in [0.2, 0.25) is 0 Å². The van der Waals surface area contributed by atoms with Gasteiger partial charge < -0.3 is 15.9 Å². The van der Waals surface area contributed by atoms with Crippen molar-refractivity contribution in [2.45, 2.75) is 31.8 Å². The molecule has 5 atom stereocenters. The molecule has 1 amide bonds. The number of aryl methyl sites for hydroxylation is 1. The van der Waals surface area contributed by atoms with Crippen LogP contribution in [0.3, 0.4) is 0 Å². The molecule has 1 aromatic carbocycles. The number of primary amides is 1. The maximum atomic E-state index is 13.5. The molecule has 0 saturated heterocycles. The first-order valence-corrected chi connectivity index (χ1v) is 11.5. The molecule has 0 radical (unpaired) electrons. The second-order valence-electron chi connectivity index (χ2n) is 9.14. The number of ketones is 4. The highest BCUT2D eigenvalue weighted by atomic mass is 32.1. The minimum absolute atomic E-state index is 0.0148. The number of Topliss-reactive ketones (excluding diaryl/α,β-unsaturated/α-hetero) is 4. The Morgan fingerprint density at radius 2 is 1.82 bits per heavy atom. The van der Waals surface area contributed by atoms with Crippen LogP contribution in [-0.4, -0.2) is 44.9 Å². The van der Waals surface area contributed by atoms with Gasteiger partial charge in [0.05, 0.1) is 11.5 Å². The van der Waals surface area contributed by atoms with Gasteiger partial charge >= 0.3 is 0 Å². The van der Waals surface area contributed by atoms with Gasteiger partial charge in [0.25, 0.3) is 0 Å². The molecule has 0 aliphatic heterocycles. The molecule has 3 aliphatic rings. The highest BCUT2D eigenvalue weighted by molar-refractivity contribution is 7.15. The number of benzene rings is 1. The van der Waals surface area contributed by atoms with Gasteiger partial charge in [-0.15, -0.1) is 11.3 Å². The van der Waals surface area contributed by atoms with E-state index in [4.69, 9.17) is 5.73 Å². The van der Waals surface area contributed by atoms with E-state index >= 15 is 0 Å². The van der Waals surface area contributed by atoms with Crippen molar-refractivity contribution in [3.05, 3.63) is 40.3 Å². The summed E-state index contributed by atoms with van der Waals surface area (Å²) < 4.78 is 0. The highest BCUT2D eigenvalue weighted by Gasteiger charge is 2.66. The number of rotatable bonds is 2. The second-order valence-corrected chi connectivity index (χ2v) is 10.4. The molecule has 170 valence electrons. The van der Waals surface area contributed by atoms with Crippen LogP contribution in [0.15, 0.2) is 24.3 Å². The molecule has 0 spiro atoms. The quantitative estimate of drug-likeness (QED) is 0.564. The van der Waals surface area contributed by atoms with E-state index in [9.17, 15) is 34.2 Å². The number of carbonyl (C=O) groups is 5. The van der Waals surface area contributed by atoms with E-state index < -0.39 is 58.3 Å². The third-order valence-corrected chi connectivity index (χ3v) is 8.33. The average molecular weight is 467 g/mol. The van der Waals surface area contributed by atoms with E-state index in [1.165, 1.54) is 17.4 Å². The van der Waals surface area contributed by atoms with Crippen molar-refractivity contribution in [1.29, 1.82) is 0 Å². The van der Waals surface area contributed by atoms with Crippen LogP contribution in [0, 0.1) is 30.6 Å². The number of hydrogen-bond donors (Lipinski definition) is 3. The summed E-state index contributed by atoms with van der Waals surface area (Å²) in [6.45, 7) is 1.96. The van der Waals surface area contributed by atoms with Gasteiger partial charge in [0.15, 0.2) is 34.7 Å². The summed E-state index contributed by atoms with van der Waals surface area (Å²) in [6.07, 6.45) is 0.00878. The van der Waals surface area contributed by atoms with E-state index in [-0.39, 0.29) is 30.6 Å². The van der Waals surface area contributed by atoms with Crippen molar-refractivity contribution in [2.75, 3.05) is 0 Å². The molecule has 2 saturated carbocycles. The van der Waals surface area contributed by atoms with Gasteiger partial charge in [-0.3, -0.25) is 24.0 Å². The van der Waals surface area contributed by atoms with E-state index in [1.54, 1.807) is 6.07 Å². The number of aromatic hydroxyl groups is 1. The van der Waals surface area contributed by atoms with Crippen molar-refractivity contribution in [2.24, 2.45) is 29.4 Å². The molecular weight excluding hydrogens is 446 g/mol. The zero-order valence-corrected chi connectivity index (χ0v) is 18.5. The van der Waals surface area contributed by atoms with Gasteiger partial charge in [-0.2, -0.15) is 0 Å². The van der Waals surface area contributed by atoms with E-state index in [0.29, 0.717) is 5.56 Å². The van der Waals surface area contributed by atoms with Crippen LogP contribution in [0.4, 0.5) is 0 Å². The zero-order valence-electron chi connectivity index (χ0n) is 17.7. The van der Waals surface area contributed by atoms with E-state index in [1.807, 2.05) is 19.1 Å². The van der Waals surface area contributed by atoms with E-state index in [0.717, 1.165) is 15.3 Å². The molecule has 3 aliphatic carbocycles. The number of carbonyl (C=O) groups excluding carboxylic acids is 5. The predicted octanol–water partition coefficient (Wildman–Crippen LogP) is 1.36. The Morgan fingerprint density at radius 1 is 1.09 bits per heavy atom. The van der Waals surface area contributed by atoms with Crippen LogP contribution in [-0.2, 0) is 25.6 Å². The number of aliphatic hydroxyl groups is 1. The van der Waals surface area contributed by atoms with Crippen molar-refractivity contribution in [3.63, 3.8) is 0 Å². The third-order valence-electron chi connectivity index (χ3n) is 7.29. The fraction of sp³-hybridized carbons (Fsp3) is 0.375. The number of phenolic OH excluding ortho intramolecular Hbond substituents is 1. The molecule has 9 heteroatoms. The molecule has 4 N–H and O–H groups in total. The summed E-state index contributed by atoms with van der Waals surface area (Å²) in [5, 5.41) is 21.7. The molecular formula is C24H21NO7S. The topological polar surface area (TPSA) is 152 Å². The van der Waals surface area contributed by atoms with Gasteiger partial charge in [0.2, 0.25) is 5.91 Å². The van der Waals surface area contributed by atoms with Crippen LogP contribution in [0.5, 0.6) is 5.75 Å². The molecule has 2 fully saturated rings. The molecule has 5 rings (SSSR count). The Labute approximate surface area is 192 Å². The van der Waals surface area contributed by atoms with Gasteiger partial charge in [-0.05, 0) is 61.1 Å². The fourth-order valence-corrected chi connectivity index (χ4v) is 6.70. The number of phenols is 1. The number of fused-ring (bicyclic) bond motifs is 3. The molecule has 0 bridgehead atoms. The van der Waals surface area contributed by atoms with Crippen molar-refractivity contribution < 1.29 is 34.2 Å². The lowest BCUT2D eigenvalue weighted by atomic mass is 9.53. The molecule has 33 heavy (non-hydrogen) atoms. The lowest BCUT2D eigenvalue weighted by Gasteiger charge is -2.48. The smallest absolute Gasteiger partial charge is 0.235 e. The molecule has 2 unspecified atom stereocenters. The Balaban J connectivity index is 1.62. The Kier molecular flexibility index (Phi) is 4.70. The first kappa shape index (κ1) is 21.7. The molecule has 1 aromatic heterocycles. The fourth-order valence-electron chi connectivity index (χ4n) is 5.78. The lowest BCUT2D eigenvalue weighted by molar-refractivity contribution is -0.175. The van der Waals surface area contributed by atoms with Gasteiger partial charge in [0, 0.05) is 22.1 Å². The number of thiophene rings is 1. The Bertz CT molecular complexity index is 1280. The molecule has 2 aromatic rings. The standard InChI is InChI=1S/C24H21NO7S/c1-9-2-5-16(33-9)12-3-4-14(26)18-13(12)7-10-6-11-8-15(27)19(23(25)31)22(30)24(11,32)21(29)17(10)20(18)28/h2-5,10-11,17,19,26,32H,6-8H2,1H3,(H2,25,31)/t10-,11+,17?,19?,24+/m1/s1. The number of amides is 1. The summed E-state index contributed by atoms with van der Waals surface area (Å²) in [5.74, 6) is -9.96. The lowest BCUT2D eigenvalue weighted by Crippen LogP contribution is -2.68. The van der Waals surface area contributed by atoms with Crippen molar-refractivity contribution in [3.8, 4) is 16.2 Å². The largest absolute Gasteiger partial charge is 0.507 e. The monoisotopic (exact) mass is 467 g/mol. The zero-order chi connectivity index (χ0) is 23.8. The van der Waals surface area contributed by atoms with E-state index in [2.05, 4.69) is 0 Å². The predicted molar refractivity (Wildman–Crippen MR) is 117 cm³/mol. The number of hydrogen-bond acceptors (Lipinski definition) is 8. The van der Waals surface area contributed by atoms with Crippen molar-refractivity contribution in [1.82, 2.24) is 0 Å². The number of nitrogens with two attached hydrogens (primary N) is 1. The SMILES string of the molecule is Cc1ccc(-c2ccc(O)c3c2C[C@H]2C[C@H]4CC(=O)C(C(N)=O)C(=O)[C@@]4(O)C(=O)C2C3=O)s1. The molecule has 1 heterocycles. The summed E-state index contributed by atoms with van der Waals surface area (Å²) in [6, 6.07) is 7.01. The normalized spacial score (nSPS) is 31.1. The van der Waals surface area contributed by atoms with Crippen LogP contribution in [0.1, 0.15) is 33.6 Å². The maximum Gasteiger partial charge on any atom is 0.235 e. The average Bonchev–Trinajstić information content (AvgIpc) is 3.16. The second kappa shape index (κ2) is 7.16. The third kappa shape index (κ3) is 2.88. The van der Waals surface area contributed by atoms with Gasteiger partial charge in [-0.25, -0.2) is 0 Å². The van der Waals surface area contributed by atoms with Crippen LogP contribution < -0.4 is 5.73 Å². The van der Waals surface area contributed by atoms with Crippen LogP contribution >= 0.6 is 11.3 Å². The minimum Gasteiger partial charge on any atom is -0.507 e. The highest BCUT2D eigenvalue weighted by Crippen LogP contribution is 2.51. The summed E-state index contributed by atoms with van der Waals surface area (Å²) in [7, 11) is 0. The minimum atomic E-state index is -2.62. The summed E-state index contributed by atoms with van der Waals surface area (Å²) in [4.78, 5) is 66.0. The maximum absolute atomic E-state index is 13.5. The van der Waals surface area contributed by atoms with Gasteiger partial charge in [-0.1, -0.05) is 0 Å². The van der Waals surface area contributed by atoms with Crippen molar-refractivity contribution >= 4 is 40.4 Å². The summed E-state index contributed by atoms with van der Waals surface area (Å²) >= 11 is 1.54. The summed E-state index contributed by atoms with van der Waals surface area (Å²) in [5.41, 5.74) is 3.98. The Hall–Kier alpha value is -3.17. The van der Waals surface area contributed by atoms with Gasteiger partial charge in [0.1, 0.15) is 5.75 Å². The molecule has 8 nitrogen and oxygen atoms in total. The van der Waals surface area contributed by atoms with Crippen LogP contribution in [0.25, 0.3) is 10.4 Å². The first-order valence-electron chi connectivity index (χ1n) is 10.6. The first-order chi connectivity index (χ1) is 15.6.